The van der Waals surface area contributed by atoms with Crippen LogP contribution < -0.4 is 5.56 Å². The van der Waals surface area contributed by atoms with Gasteiger partial charge in [0.25, 0.3) is 11.6 Å². The van der Waals surface area contributed by atoms with Gasteiger partial charge in [-0.15, -0.1) is 0 Å². The topological polar surface area (TPSA) is 134 Å². The molecule has 3 rings (SSSR count). The molecule has 1 aromatic carbocycles. The number of fused-ring (bicyclic) bond motifs is 1. The van der Waals surface area contributed by atoms with Gasteiger partial charge in [-0.2, -0.15) is 0 Å². The van der Waals surface area contributed by atoms with Crippen LogP contribution in [0, 0.1) is 10.1 Å². The summed E-state index contributed by atoms with van der Waals surface area (Å²) < 4.78 is 0. The number of hydrogen-bond donors (Lipinski definition) is 2. The number of H-pyrrole nitrogens is 1. The minimum atomic E-state index is -1.16. The number of nitrogens with zero attached hydrogens (tertiary/aromatic N) is 2. The highest BCUT2D eigenvalue weighted by Gasteiger charge is 2.35. The number of carboxylic acid groups (broad SMARTS) is 1. The molecule has 124 valence electrons. The fraction of sp³-hybridized carbons (Fsp3) is 0.267. The number of benzene rings is 1. The summed E-state index contributed by atoms with van der Waals surface area (Å²) in [6, 6.07) is 4.64. The first-order valence-electron chi connectivity index (χ1n) is 7.21. The van der Waals surface area contributed by atoms with Crippen LogP contribution in [-0.4, -0.2) is 44.4 Å². The molecule has 1 saturated carbocycles. The van der Waals surface area contributed by atoms with Gasteiger partial charge in [0.1, 0.15) is 6.54 Å². The molecule has 1 fully saturated rings. The lowest BCUT2D eigenvalue weighted by atomic mass is 10.1. The lowest BCUT2D eigenvalue weighted by Gasteiger charge is -2.20. The fourth-order valence-corrected chi connectivity index (χ4v) is 2.59. The Morgan fingerprint density at radius 3 is 2.62 bits per heavy atom. The van der Waals surface area contributed by atoms with Gasteiger partial charge >= 0.3 is 5.97 Å². The number of hydrogen-bond acceptors (Lipinski definition) is 5. The van der Waals surface area contributed by atoms with Crippen molar-refractivity contribution in [2.45, 2.75) is 18.9 Å². The van der Waals surface area contributed by atoms with Crippen molar-refractivity contribution in [1.29, 1.82) is 0 Å². The molecule has 1 aliphatic rings. The van der Waals surface area contributed by atoms with Crippen LogP contribution in [-0.2, 0) is 4.79 Å². The molecule has 0 unspecified atom stereocenters. The number of carbonyl (C=O) groups is 2. The van der Waals surface area contributed by atoms with Gasteiger partial charge in [-0.05, 0) is 18.9 Å². The van der Waals surface area contributed by atoms with E-state index in [2.05, 4.69) is 4.98 Å². The molecular weight excluding hydrogens is 318 g/mol. The van der Waals surface area contributed by atoms with Gasteiger partial charge in [0, 0.05) is 35.1 Å². The molecule has 1 aromatic heterocycles. The third-order valence-corrected chi connectivity index (χ3v) is 3.82. The molecule has 2 N–H and O–H groups in total. The summed E-state index contributed by atoms with van der Waals surface area (Å²) in [6.07, 6.45) is 1.39. The van der Waals surface area contributed by atoms with Gasteiger partial charge in [-0.1, -0.05) is 0 Å². The van der Waals surface area contributed by atoms with E-state index < -0.39 is 28.9 Å². The third kappa shape index (κ3) is 2.96. The maximum Gasteiger partial charge on any atom is 0.323 e. The van der Waals surface area contributed by atoms with Crippen LogP contribution in [0.15, 0.2) is 29.1 Å². The molecule has 0 bridgehead atoms. The van der Waals surface area contributed by atoms with Crippen LogP contribution in [0.2, 0.25) is 0 Å². The van der Waals surface area contributed by atoms with Crippen molar-refractivity contribution in [3.8, 4) is 0 Å². The SMILES string of the molecule is O=C(O)CN(C(=O)c1cc(=O)[nH]c2ccc([N+](=O)[O-])cc12)C1CC1. The van der Waals surface area contributed by atoms with Crippen molar-refractivity contribution >= 4 is 28.5 Å². The Labute approximate surface area is 134 Å². The second-order valence-electron chi connectivity index (χ2n) is 5.59. The van der Waals surface area contributed by atoms with E-state index in [1.54, 1.807) is 0 Å². The van der Waals surface area contributed by atoms with Gasteiger partial charge in [-0.3, -0.25) is 24.5 Å². The molecule has 1 amide bonds. The normalized spacial score (nSPS) is 13.7. The molecule has 0 spiro atoms. The molecule has 24 heavy (non-hydrogen) atoms. The number of carbonyl (C=O) groups excluding carboxylic acids is 1. The van der Waals surface area contributed by atoms with Gasteiger partial charge < -0.3 is 15.0 Å². The number of rotatable bonds is 5. The highest BCUT2D eigenvalue weighted by molar-refractivity contribution is 6.07. The van der Waals surface area contributed by atoms with E-state index in [0.717, 1.165) is 6.07 Å². The standard InChI is InChI=1S/C15H13N3O6/c19-13-6-11(15(22)17(7-14(20)21)8-1-2-8)10-5-9(18(23)24)3-4-12(10)16-13/h3-6,8H,1-2,7H2,(H,16,19)(H,20,21). The van der Waals surface area contributed by atoms with Crippen LogP contribution in [0.1, 0.15) is 23.2 Å². The lowest BCUT2D eigenvalue weighted by Crippen LogP contribution is -2.38. The monoisotopic (exact) mass is 331 g/mol. The Balaban J connectivity index is 2.14. The molecule has 1 aliphatic carbocycles. The Morgan fingerprint density at radius 1 is 1.33 bits per heavy atom. The largest absolute Gasteiger partial charge is 0.480 e. The smallest absolute Gasteiger partial charge is 0.323 e. The summed E-state index contributed by atoms with van der Waals surface area (Å²) in [7, 11) is 0. The van der Waals surface area contributed by atoms with Crippen LogP contribution in [0.4, 0.5) is 5.69 Å². The minimum Gasteiger partial charge on any atom is -0.480 e. The number of nitro groups is 1. The van der Waals surface area contributed by atoms with Crippen LogP contribution in [0.3, 0.4) is 0 Å². The van der Waals surface area contributed by atoms with Gasteiger partial charge in [-0.25, -0.2) is 0 Å². The predicted molar refractivity (Wildman–Crippen MR) is 82.9 cm³/mol. The molecule has 2 aromatic rings. The van der Waals surface area contributed by atoms with Crippen molar-refractivity contribution in [2.24, 2.45) is 0 Å². The number of aromatic amines is 1. The molecule has 9 heteroatoms. The highest BCUT2D eigenvalue weighted by atomic mass is 16.6. The number of nitro benzene ring substituents is 1. The summed E-state index contributed by atoms with van der Waals surface area (Å²) in [5.74, 6) is -1.77. The Bertz CT molecular complexity index is 915. The number of non-ortho nitro benzene ring substituents is 1. The molecule has 0 saturated heterocycles. The van der Waals surface area contributed by atoms with E-state index in [-0.39, 0.29) is 28.2 Å². The Morgan fingerprint density at radius 2 is 2.04 bits per heavy atom. The third-order valence-electron chi connectivity index (χ3n) is 3.82. The van der Waals surface area contributed by atoms with Crippen molar-refractivity contribution < 1.29 is 19.6 Å². The zero-order valence-electron chi connectivity index (χ0n) is 12.4. The molecule has 0 radical (unpaired) electrons. The molecule has 1 heterocycles. The summed E-state index contributed by atoms with van der Waals surface area (Å²) >= 11 is 0. The summed E-state index contributed by atoms with van der Waals surface area (Å²) in [4.78, 5) is 49.6. The lowest BCUT2D eigenvalue weighted by molar-refractivity contribution is -0.384. The van der Waals surface area contributed by atoms with Gasteiger partial charge in [0.05, 0.1) is 10.5 Å². The van der Waals surface area contributed by atoms with E-state index in [0.29, 0.717) is 12.8 Å². The number of carboxylic acids is 1. The second-order valence-corrected chi connectivity index (χ2v) is 5.59. The quantitative estimate of drug-likeness (QED) is 0.623. The van der Waals surface area contributed by atoms with E-state index in [4.69, 9.17) is 5.11 Å². The maximum atomic E-state index is 12.7. The Kier molecular flexibility index (Phi) is 3.76. The molecule has 9 nitrogen and oxygen atoms in total. The Hall–Kier alpha value is -3.23. The zero-order valence-corrected chi connectivity index (χ0v) is 12.4. The zero-order chi connectivity index (χ0) is 17.4. The number of pyridine rings is 1. The molecule has 0 aliphatic heterocycles. The van der Waals surface area contributed by atoms with Gasteiger partial charge in [0.2, 0.25) is 5.56 Å². The number of aliphatic carboxylic acids is 1. The fourth-order valence-electron chi connectivity index (χ4n) is 2.59. The summed E-state index contributed by atoms with van der Waals surface area (Å²) in [5.41, 5.74) is -0.515. The van der Waals surface area contributed by atoms with Crippen molar-refractivity contribution in [3.05, 3.63) is 50.3 Å². The first kappa shape index (κ1) is 15.7. The van der Waals surface area contributed by atoms with E-state index in [9.17, 15) is 24.5 Å². The highest BCUT2D eigenvalue weighted by Crippen LogP contribution is 2.30. The van der Waals surface area contributed by atoms with E-state index >= 15 is 0 Å². The van der Waals surface area contributed by atoms with E-state index in [1.807, 2.05) is 0 Å². The van der Waals surface area contributed by atoms with Crippen molar-refractivity contribution in [2.75, 3.05) is 6.54 Å². The van der Waals surface area contributed by atoms with Crippen LogP contribution in [0.25, 0.3) is 10.9 Å². The predicted octanol–water partition coefficient (Wildman–Crippen LogP) is 1.13. The number of aromatic nitrogens is 1. The average Bonchev–Trinajstić information content (AvgIpc) is 3.35. The molecular formula is C15H13N3O6. The summed E-state index contributed by atoms with van der Waals surface area (Å²) in [5, 5.41) is 20.2. The first-order chi connectivity index (χ1) is 11.4. The van der Waals surface area contributed by atoms with E-state index in [1.165, 1.54) is 23.1 Å². The van der Waals surface area contributed by atoms with Gasteiger partial charge in [0.15, 0.2) is 0 Å². The maximum absolute atomic E-state index is 12.7. The summed E-state index contributed by atoms with van der Waals surface area (Å²) in [6.45, 7) is -0.479. The average molecular weight is 331 g/mol. The van der Waals surface area contributed by atoms with Crippen molar-refractivity contribution in [3.63, 3.8) is 0 Å². The van der Waals surface area contributed by atoms with Crippen LogP contribution >= 0.6 is 0 Å². The number of amides is 1. The number of nitrogens with one attached hydrogen (secondary N) is 1. The van der Waals surface area contributed by atoms with Crippen LogP contribution in [0.5, 0.6) is 0 Å². The first-order valence-corrected chi connectivity index (χ1v) is 7.21. The second kappa shape index (κ2) is 5.76. The van der Waals surface area contributed by atoms with Crippen molar-refractivity contribution in [1.82, 2.24) is 9.88 Å². The minimum absolute atomic E-state index is 0.0365. The molecule has 0 atom stereocenters.